The van der Waals surface area contributed by atoms with Crippen molar-refractivity contribution in [2.75, 3.05) is 16.8 Å². The van der Waals surface area contributed by atoms with Crippen LogP contribution in [0.15, 0.2) is 53.4 Å². The van der Waals surface area contributed by atoms with E-state index in [1.807, 2.05) is 24.3 Å². The maximum atomic E-state index is 12.3. The van der Waals surface area contributed by atoms with E-state index < -0.39 is 0 Å². The van der Waals surface area contributed by atoms with Gasteiger partial charge in [-0.3, -0.25) is 4.79 Å². The van der Waals surface area contributed by atoms with Crippen LogP contribution in [-0.2, 0) is 10.2 Å². The number of amides is 1. The first-order valence-electron chi connectivity index (χ1n) is 10.5. The molecule has 3 N–H and O–H groups in total. The number of nitrogen functional groups attached to an aromatic ring is 1. The van der Waals surface area contributed by atoms with E-state index in [1.54, 1.807) is 0 Å². The summed E-state index contributed by atoms with van der Waals surface area (Å²) in [5.74, 6) is 3.23. The van der Waals surface area contributed by atoms with Crippen LogP contribution in [0.2, 0.25) is 0 Å². The lowest BCUT2D eigenvalue weighted by molar-refractivity contribution is -0.113. The molecular weight excluding hydrogens is 364 g/mol. The van der Waals surface area contributed by atoms with Gasteiger partial charge in [0.2, 0.25) is 5.91 Å². The number of nitrogens with two attached hydrogens (primary N) is 1. The normalized spacial score (nSPS) is 30.4. The Morgan fingerprint density at radius 3 is 2.18 bits per heavy atom. The van der Waals surface area contributed by atoms with Gasteiger partial charge in [0.25, 0.3) is 0 Å². The summed E-state index contributed by atoms with van der Waals surface area (Å²) in [5.41, 5.74) is 9.47. The van der Waals surface area contributed by atoms with Crippen molar-refractivity contribution in [3.05, 3.63) is 54.1 Å². The van der Waals surface area contributed by atoms with E-state index in [4.69, 9.17) is 5.73 Å². The lowest BCUT2D eigenvalue weighted by Crippen LogP contribution is -2.48. The lowest BCUT2D eigenvalue weighted by Gasteiger charge is -2.57. The Bertz CT molecular complexity index is 841. The van der Waals surface area contributed by atoms with Crippen LogP contribution >= 0.6 is 11.8 Å². The van der Waals surface area contributed by atoms with E-state index in [-0.39, 0.29) is 5.91 Å². The van der Waals surface area contributed by atoms with Gasteiger partial charge in [0.1, 0.15) is 0 Å². The van der Waals surface area contributed by atoms with Crippen molar-refractivity contribution < 1.29 is 4.79 Å². The highest BCUT2D eigenvalue weighted by molar-refractivity contribution is 8.00. The fourth-order valence-electron chi connectivity index (χ4n) is 6.32. The van der Waals surface area contributed by atoms with Crippen molar-refractivity contribution >= 4 is 29.0 Å². The molecule has 0 aromatic heterocycles. The standard InChI is InChI=1S/C24H28N2OS/c25-21-3-1-2-4-22(21)28-15-23(27)26-20-7-5-19(6-8-20)24-12-16-9-17(13-24)11-18(10-16)14-24/h1-8,16-18H,9-15,25H2,(H,26,27). The van der Waals surface area contributed by atoms with Gasteiger partial charge in [-0.1, -0.05) is 24.3 Å². The van der Waals surface area contributed by atoms with E-state index in [0.717, 1.165) is 34.0 Å². The molecule has 0 saturated heterocycles. The minimum Gasteiger partial charge on any atom is -0.398 e. The van der Waals surface area contributed by atoms with Gasteiger partial charge in [-0.25, -0.2) is 0 Å². The average Bonchev–Trinajstić information content (AvgIpc) is 2.67. The highest BCUT2D eigenvalue weighted by Crippen LogP contribution is 2.60. The van der Waals surface area contributed by atoms with E-state index in [9.17, 15) is 4.79 Å². The van der Waals surface area contributed by atoms with E-state index in [1.165, 1.54) is 55.9 Å². The van der Waals surface area contributed by atoms with Gasteiger partial charge >= 0.3 is 0 Å². The molecule has 4 saturated carbocycles. The molecule has 2 aromatic carbocycles. The first-order valence-corrected chi connectivity index (χ1v) is 11.5. The fourth-order valence-corrected chi connectivity index (χ4v) is 7.09. The van der Waals surface area contributed by atoms with Gasteiger partial charge < -0.3 is 11.1 Å². The predicted octanol–water partition coefficient (Wildman–Crippen LogP) is 5.47. The maximum Gasteiger partial charge on any atom is 0.234 e. The van der Waals surface area contributed by atoms with Crippen LogP contribution in [0.25, 0.3) is 0 Å². The number of anilines is 2. The molecule has 28 heavy (non-hydrogen) atoms. The van der Waals surface area contributed by atoms with Crippen LogP contribution in [-0.4, -0.2) is 11.7 Å². The average molecular weight is 393 g/mol. The fraction of sp³-hybridized carbons (Fsp3) is 0.458. The Morgan fingerprint density at radius 2 is 1.57 bits per heavy atom. The molecular formula is C24H28N2OS. The summed E-state index contributed by atoms with van der Waals surface area (Å²) in [6.45, 7) is 0. The van der Waals surface area contributed by atoms with Gasteiger partial charge in [-0.05, 0) is 91.5 Å². The van der Waals surface area contributed by atoms with Crippen molar-refractivity contribution in [3.63, 3.8) is 0 Å². The molecule has 0 atom stereocenters. The summed E-state index contributed by atoms with van der Waals surface area (Å²) >= 11 is 1.48. The zero-order chi connectivity index (χ0) is 19.1. The first kappa shape index (κ1) is 18.1. The zero-order valence-corrected chi connectivity index (χ0v) is 17.0. The number of benzene rings is 2. The van der Waals surface area contributed by atoms with Crippen molar-refractivity contribution in [1.29, 1.82) is 0 Å². The number of hydrogen-bond acceptors (Lipinski definition) is 3. The maximum absolute atomic E-state index is 12.3. The molecule has 0 heterocycles. The lowest BCUT2D eigenvalue weighted by atomic mass is 9.48. The second kappa shape index (κ2) is 7.14. The smallest absolute Gasteiger partial charge is 0.234 e. The van der Waals surface area contributed by atoms with E-state index >= 15 is 0 Å². The molecule has 2 aromatic rings. The number of para-hydroxylation sites is 1. The van der Waals surface area contributed by atoms with Gasteiger partial charge in [-0.15, -0.1) is 11.8 Å². The van der Waals surface area contributed by atoms with Gasteiger partial charge in [0, 0.05) is 16.3 Å². The topological polar surface area (TPSA) is 55.1 Å². The molecule has 146 valence electrons. The number of rotatable bonds is 5. The molecule has 1 amide bonds. The number of thioether (sulfide) groups is 1. The highest BCUT2D eigenvalue weighted by Gasteiger charge is 2.51. The van der Waals surface area contributed by atoms with Crippen LogP contribution in [0.1, 0.15) is 44.1 Å². The summed E-state index contributed by atoms with van der Waals surface area (Å²) in [6.07, 6.45) is 8.53. The minimum absolute atomic E-state index is 0.0100. The zero-order valence-electron chi connectivity index (χ0n) is 16.2. The minimum atomic E-state index is 0.0100. The van der Waals surface area contributed by atoms with Gasteiger partial charge in [-0.2, -0.15) is 0 Å². The Labute approximate surface area is 171 Å². The molecule has 0 radical (unpaired) electrons. The Kier molecular flexibility index (Phi) is 4.62. The third-order valence-corrected chi connectivity index (χ3v) is 8.19. The van der Waals surface area contributed by atoms with Crippen LogP contribution in [0, 0.1) is 17.8 Å². The Balaban J connectivity index is 1.22. The molecule has 4 fully saturated rings. The summed E-state index contributed by atoms with van der Waals surface area (Å²) in [5, 5.41) is 3.03. The first-order chi connectivity index (χ1) is 13.6. The summed E-state index contributed by atoms with van der Waals surface area (Å²) < 4.78 is 0. The Hall–Kier alpha value is -1.94. The largest absolute Gasteiger partial charge is 0.398 e. The van der Waals surface area contributed by atoms with Crippen LogP contribution in [0.3, 0.4) is 0 Å². The second-order valence-electron chi connectivity index (χ2n) is 9.15. The van der Waals surface area contributed by atoms with Gasteiger partial charge in [0.15, 0.2) is 0 Å². The molecule has 6 rings (SSSR count). The monoisotopic (exact) mass is 392 g/mol. The Morgan fingerprint density at radius 1 is 0.964 bits per heavy atom. The van der Waals surface area contributed by atoms with Gasteiger partial charge in [0.05, 0.1) is 5.75 Å². The van der Waals surface area contributed by atoms with Crippen LogP contribution < -0.4 is 11.1 Å². The quantitative estimate of drug-likeness (QED) is 0.524. The molecule has 0 spiro atoms. The predicted molar refractivity (Wildman–Crippen MR) is 117 cm³/mol. The highest BCUT2D eigenvalue weighted by atomic mass is 32.2. The summed E-state index contributed by atoms with van der Waals surface area (Å²) in [4.78, 5) is 13.3. The SMILES string of the molecule is Nc1ccccc1SCC(=O)Nc1ccc(C23CC4CC(CC(C4)C2)C3)cc1. The molecule has 0 unspecified atom stereocenters. The van der Waals surface area contributed by atoms with Crippen molar-refractivity contribution in [1.82, 2.24) is 0 Å². The molecule has 4 aliphatic carbocycles. The van der Waals surface area contributed by atoms with Crippen molar-refractivity contribution in [2.24, 2.45) is 17.8 Å². The molecule has 0 aliphatic heterocycles. The summed E-state index contributed by atoms with van der Waals surface area (Å²) in [6, 6.07) is 16.4. The second-order valence-corrected chi connectivity index (χ2v) is 10.2. The number of nitrogens with one attached hydrogen (secondary N) is 1. The molecule has 4 heteroatoms. The third-order valence-electron chi connectivity index (χ3n) is 7.10. The third kappa shape index (κ3) is 3.43. The van der Waals surface area contributed by atoms with Crippen LogP contribution in [0.4, 0.5) is 11.4 Å². The van der Waals surface area contributed by atoms with Crippen molar-refractivity contribution in [2.45, 2.75) is 48.8 Å². The molecule has 4 bridgehead atoms. The van der Waals surface area contributed by atoms with E-state index in [0.29, 0.717) is 11.2 Å². The molecule has 4 aliphatic rings. The number of hydrogen-bond donors (Lipinski definition) is 2. The van der Waals surface area contributed by atoms with Crippen molar-refractivity contribution in [3.8, 4) is 0 Å². The number of carbonyl (C=O) groups is 1. The number of carbonyl (C=O) groups excluding carboxylic acids is 1. The van der Waals surface area contributed by atoms with E-state index in [2.05, 4.69) is 29.6 Å². The van der Waals surface area contributed by atoms with Crippen LogP contribution in [0.5, 0.6) is 0 Å². The summed E-state index contributed by atoms with van der Waals surface area (Å²) in [7, 11) is 0. The molecule has 3 nitrogen and oxygen atoms in total.